The summed E-state index contributed by atoms with van der Waals surface area (Å²) in [5.41, 5.74) is 8.41. The van der Waals surface area contributed by atoms with Crippen molar-refractivity contribution in [2.24, 2.45) is 0 Å². The summed E-state index contributed by atoms with van der Waals surface area (Å²) in [6, 6.07) is 12.4. The van der Waals surface area contributed by atoms with Crippen molar-refractivity contribution in [3.8, 4) is 5.75 Å². The van der Waals surface area contributed by atoms with Gasteiger partial charge in [-0.3, -0.25) is 14.5 Å². The third kappa shape index (κ3) is 2.90. The van der Waals surface area contributed by atoms with E-state index in [1.54, 1.807) is 30.3 Å². The molecular weight excluding hydrogens is 292 g/mol. The number of nitrogens with two attached hydrogens (primary N) is 1. The lowest BCUT2D eigenvalue weighted by Crippen LogP contribution is -2.31. The number of aryl methyl sites for hydroxylation is 1. The van der Waals surface area contributed by atoms with Gasteiger partial charge in [0.05, 0.1) is 17.7 Å². The lowest BCUT2D eigenvalue weighted by Gasteiger charge is -2.14. The molecule has 0 saturated carbocycles. The molecule has 2 aromatic carbocycles. The average Bonchev–Trinajstić information content (AvgIpc) is 2.80. The van der Waals surface area contributed by atoms with Gasteiger partial charge in [0, 0.05) is 12.2 Å². The highest BCUT2D eigenvalue weighted by molar-refractivity contribution is 6.21. The summed E-state index contributed by atoms with van der Waals surface area (Å²) in [5, 5.41) is 0. The number of fused-ring (bicyclic) bond motifs is 1. The molecule has 23 heavy (non-hydrogen) atoms. The zero-order chi connectivity index (χ0) is 16.4. The third-order valence-corrected chi connectivity index (χ3v) is 3.91. The SMILES string of the molecule is Cc1cc(OCCCN2C(=O)c3ccccc3C2=O)ccc1N. The van der Waals surface area contributed by atoms with Crippen molar-refractivity contribution < 1.29 is 14.3 Å². The maximum atomic E-state index is 12.2. The van der Waals surface area contributed by atoms with Crippen molar-refractivity contribution in [2.75, 3.05) is 18.9 Å². The molecule has 0 fully saturated rings. The van der Waals surface area contributed by atoms with E-state index >= 15 is 0 Å². The Balaban J connectivity index is 1.55. The van der Waals surface area contributed by atoms with Gasteiger partial charge in [0.25, 0.3) is 11.8 Å². The minimum Gasteiger partial charge on any atom is -0.494 e. The first-order valence-electron chi connectivity index (χ1n) is 7.52. The van der Waals surface area contributed by atoms with Gasteiger partial charge >= 0.3 is 0 Å². The summed E-state index contributed by atoms with van der Waals surface area (Å²) in [4.78, 5) is 25.7. The Morgan fingerprint density at radius 2 is 1.70 bits per heavy atom. The molecule has 2 amide bonds. The number of hydrogen-bond acceptors (Lipinski definition) is 4. The predicted molar refractivity (Wildman–Crippen MR) is 87.5 cm³/mol. The molecule has 5 nitrogen and oxygen atoms in total. The van der Waals surface area contributed by atoms with Crippen molar-refractivity contribution >= 4 is 17.5 Å². The minimum absolute atomic E-state index is 0.228. The number of benzene rings is 2. The highest BCUT2D eigenvalue weighted by Crippen LogP contribution is 2.23. The lowest BCUT2D eigenvalue weighted by atomic mass is 10.1. The second-order valence-corrected chi connectivity index (χ2v) is 5.53. The van der Waals surface area contributed by atoms with Crippen LogP contribution in [0.2, 0.25) is 0 Å². The van der Waals surface area contributed by atoms with E-state index in [0.717, 1.165) is 17.0 Å². The van der Waals surface area contributed by atoms with Gasteiger partial charge in [-0.15, -0.1) is 0 Å². The molecule has 2 N–H and O–H groups in total. The van der Waals surface area contributed by atoms with Crippen LogP contribution in [0.3, 0.4) is 0 Å². The zero-order valence-electron chi connectivity index (χ0n) is 12.9. The van der Waals surface area contributed by atoms with Crippen LogP contribution in [0.4, 0.5) is 5.69 Å². The maximum absolute atomic E-state index is 12.2. The molecular formula is C18H18N2O3. The molecule has 2 aromatic rings. The molecule has 0 bridgehead atoms. The molecule has 3 rings (SSSR count). The zero-order valence-corrected chi connectivity index (χ0v) is 12.9. The molecule has 0 saturated heterocycles. The van der Waals surface area contributed by atoms with E-state index in [1.165, 1.54) is 4.90 Å². The quantitative estimate of drug-likeness (QED) is 0.523. The monoisotopic (exact) mass is 310 g/mol. The average molecular weight is 310 g/mol. The Morgan fingerprint density at radius 1 is 1.04 bits per heavy atom. The van der Waals surface area contributed by atoms with Gasteiger partial charge in [-0.25, -0.2) is 0 Å². The molecule has 0 aliphatic carbocycles. The number of imide groups is 1. The number of amides is 2. The standard InChI is InChI=1S/C18H18N2O3/c1-12-11-13(7-8-16(12)19)23-10-4-9-20-17(21)14-5-2-3-6-15(14)18(20)22/h2-3,5-8,11H,4,9-10,19H2,1H3. The summed E-state index contributed by atoms with van der Waals surface area (Å²) >= 11 is 0. The normalized spacial score (nSPS) is 13.3. The van der Waals surface area contributed by atoms with Gasteiger partial charge in [0.15, 0.2) is 0 Å². The molecule has 0 unspecified atom stereocenters. The molecule has 1 aliphatic rings. The Kier molecular flexibility index (Phi) is 4.02. The van der Waals surface area contributed by atoms with Crippen LogP contribution < -0.4 is 10.5 Å². The number of carbonyl (C=O) groups excluding carboxylic acids is 2. The van der Waals surface area contributed by atoms with Gasteiger partial charge in [-0.05, 0) is 49.2 Å². The summed E-state index contributed by atoms with van der Waals surface area (Å²) in [6.07, 6.45) is 0.578. The van der Waals surface area contributed by atoms with E-state index in [-0.39, 0.29) is 11.8 Å². The molecule has 118 valence electrons. The van der Waals surface area contributed by atoms with Gasteiger partial charge < -0.3 is 10.5 Å². The first-order chi connectivity index (χ1) is 11.1. The van der Waals surface area contributed by atoms with Crippen LogP contribution in [0.1, 0.15) is 32.7 Å². The van der Waals surface area contributed by atoms with E-state index in [2.05, 4.69) is 0 Å². The number of hydrogen-bond donors (Lipinski definition) is 1. The number of rotatable bonds is 5. The van der Waals surface area contributed by atoms with Crippen molar-refractivity contribution in [2.45, 2.75) is 13.3 Å². The Hall–Kier alpha value is -2.82. The molecule has 0 aromatic heterocycles. The van der Waals surface area contributed by atoms with Gasteiger partial charge in [0.1, 0.15) is 5.75 Å². The second kappa shape index (κ2) is 6.12. The minimum atomic E-state index is -0.228. The number of anilines is 1. The van der Waals surface area contributed by atoms with Crippen LogP contribution in [0.25, 0.3) is 0 Å². The van der Waals surface area contributed by atoms with Crippen molar-refractivity contribution in [3.63, 3.8) is 0 Å². The van der Waals surface area contributed by atoms with Crippen LogP contribution >= 0.6 is 0 Å². The summed E-state index contributed by atoms with van der Waals surface area (Å²) < 4.78 is 5.64. The molecule has 1 heterocycles. The summed E-state index contributed by atoms with van der Waals surface area (Å²) in [7, 11) is 0. The van der Waals surface area contributed by atoms with Gasteiger partial charge in [0.2, 0.25) is 0 Å². The fraction of sp³-hybridized carbons (Fsp3) is 0.222. The number of ether oxygens (including phenoxy) is 1. The molecule has 1 aliphatic heterocycles. The van der Waals surface area contributed by atoms with E-state index in [1.807, 2.05) is 19.1 Å². The van der Waals surface area contributed by atoms with Gasteiger partial charge in [-0.1, -0.05) is 12.1 Å². The molecule has 0 radical (unpaired) electrons. The van der Waals surface area contributed by atoms with Crippen LogP contribution in [0.5, 0.6) is 5.75 Å². The largest absolute Gasteiger partial charge is 0.494 e. The Labute approximate surface area is 134 Å². The van der Waals surface area contributed by atoms with E-state index < -0.39 is 0 Å². The second-order valence-electron chi connectivity index (χ2n) is 5.53. The van der Waals surface area contributed by atoms with Crippen LogP contribution in [0.15, 0.2) is 42.5 Å². The number of nitrogens with zero attached hydrogens (tertiary/aromatic N) is 1. The first kappa shape index (κ1) is 15.1. The predicted octanol–water partition coefficient (Wildman–Crippen LogP) is 2.64. The summed E-state index contributed by atoms with van der Waals surface area (Å²) in [5.74, 6) is 0.280. The highest BCUT2D eigenvalue weighted by atomic mass is 16.5. The lowest BCUT2D eigenvalue weighted by molar-refractivity contribution is 0.0647. The van der Waals surface area contributed by atoms with Gasteiger partial charge in [-0.2, -0.15) is 0 Å². The maximum Gasteiger partial charge on any atom is 0.261 e. The topological polar surface area (TPSA) is 72.6 Å². The molecule has 0 atom stereocenters. The van der Waals surface area contributed by atoms with Crippen molar-refractivity contribution in [3.05, 3.63) is 59.2 Å². The third-order valence-electron chi connectivity index (χ3n) is 3.91. The Morgan fingerprint density at radius 3 is 2.30 bits per heavy atom. The number of carbonyl (C=O) groups is 2. The molecule has 5 heteroatoms. The van der Waals surface area contributed by atoms with Crippen LogP contribution in [-0.4, -0.2) is 29.9 Å². The summed E-state index contributed by atoms with van der Waals surface area (Å²) in [6.45, 7) is 2.69. The fourth-order valence-corrected chi connectivity index (χ4v) is 2.59. The van der Waals surface area contributed by atoms with E-state index in [9.17, 15) is 9.59 Å². The fourth-order valence-electron chi connectivity index (χ4n) is 2.59. The Bertz CT molecular complexity index is 736. The smallest absolute Gasteiger partial charge is 0.261 e. The van der Waals surface area contributed by atoms with E-state index in [4.69, 9.17) is 10.5 Å². The highest BCUT2D eigenvalue weighted by Gasteiger charge is 2.34. The van der Waals surface area contributed by atoms with E-state index in [0.29, 0.717) is 30.7 Å². The first-order valence-corrected chi connectivity index (χ1v) is 7.52. The van der Waals surface area contributed by atoms with Crippen LogP contribution in [0, 0.1) is 6.92 Å². The molecule has 0 spiro atoms. The number of nitrogen functional groups attached to an aromatic ring is 1. The van der Waals surface area contributed by atoms with Crippen molar-refractivity contribution in [1.82, 2.24) is 4.90 Å². The van der Waals surface area contributed by atoms with Crippen LogP contribution in [-0.2, 0) is 0 Å². The van der Waals surface area contributed by atoms with Crippen molar-refractivity contribution in [1.29, 1.82) is 0 Å².